The fraction of sp³-hybridized carbons (Fsp3) is 0.0952. The van der Waals surface area contributed by atoms with Crippen molar-refractivity contribution >= 4 is 23.8 Å². The van der Waals surface area contributed by atoms with Gasteiger partial charge in [-0.15, -0.1) is 0 Å². The molecular weight excluding hydrogens is 437 g/mol. The molecule has 0 radical (unpaired) electrons. The first-order valence-corrected chi connectivity index (χ1v) is 9.23. The van der Waals surface area contributed by atoms with Crippen molar-refractivity contribution < 1.29 is 18.0 Å². The standard InChI is InChI=1S/C21H17F3N8O/c22-21(23,24)18-6-16(4-2-14(18)11-32(27)12-25)31-20(33)15-5-13(7-28-8-15)1-3-17-9-30-19(26)10-29-17/h2,4-10,12,25H,11,27H2,(H2,26,30)(H,31,33). The highest BCUT2D eigenvalue weighted by atomic mass is 19.4. The Kier molecular flexibility index (Phi) is 6.85. The molecule has 0 saturated carbocycles. The van der Waals surface area contributed by atoms with Gasteiger partial charge in [0.05, 0.1) is 36.4 Å². The number of nitrogen functional groups attached to an aromatic ring is 1. The summed E-state index contributed by atoms with van der Waals surface area (Å²) in [6.45, 7) is -0.324. The van der Waals surface area contributed by atoms with E-state index in [1.807, 2.05) is 0 Å². The molecule has 2 heterocycles. The Morgan fingerprint density at radius 1 is 1.15 bits per heavy atom. The summed E-state index contributed by atoms with van der Waals surface area (Å²) in [5, 5.41) is 10.3. The van der Waals surface area contributed by atoms with Gasteiger partial charge in [-0.1, -0.05) is 12.0 Å². The summed E-state index contributed by atoms with van der Waals surface area (Å²) in [5.74, 6) is 10.5. The van der Waals surface area contributed by atoms with Crippen molar-refractivity contribution in [1.29, 1.82) is 5.41 Å². The molecule has 0 aliphatic rings. The molecule has 9 nitrogen and oxygen atoms in total. The normalized spacial score (nSPS) is 10.7. The van der Waals surface area contributed by atoms with Gasteiger partial charge in [-0.25, -0.2) is 15.8 Å². The number of nitrogens with one attached hydrogen (secondary N) is 2. The van der Waals surface area contributed by atoms with Gasteiger partial charge in [0.1, 0.15) is 11.5 Å². The average molecular weight is 454 g/mol. The summed E-state index contributed by atoms with van der Waals surface area (Å²) in [6, 6.07) is 4.75. The number of alkyl halides is 3. The number of aromatic nitrogens is 3. The van der Waals surface area contributed by atoms with Crippen molar-refractivity contribution in [2.75, 3.05) is 11.1 Å². The lowest BCUT2D eigenvalue weighted by atomic mass is 10.1. The topological polar surface area (TPSA) is 147 Å². The van der Waals surface area contributed by atoms with Crippen LogP contribution in [0.3, 0.4) is 0 Å². The first kappa shape index (κ1) is 23.2. The number of hydrazine groups is 1. The van der Waals surface area contributed by atoms with Crippen molar-refractivity contribution in [3.05, 3.63) is 77.0 Å². The summed E-state index contributed by atoms with van der Waals surface area (Å²) >= 11 is 0. The molecule has 0 aliphatic heterocycles. The van der Waals surface area contributed by atoms with Gasteiger partial charge < -0.3 is 11.1 Å². The van der Waals surface area contributed by atoms with Crippen LogP contribution in [0.2, 0.25) is 0 Å². The molecular formula is C21H17F3N8O. The number of nitrogens with zero attached hydrogens (tertiary/aromatic N) is 4. The number of rotatable bonds is 5. The van der Waals surface area contributed by atoms with Crippen LogP contribution < -0.4 is 16.9 Å². The molecule has 2 aromatic heterocycles. The smallest absolute Gasteiger partial charge is 0.382 e. The SMILES string of the molecule is N=CN(N)Cc1ccc(NC(=O)c2cncc(C#Cc3cnc(N)cn3)c2)cc1C(F)(F)F. The Hall–Kier alpha value is -4.50. The number of halogens is 3. The Morgan fingerprint density at radius 2 is 1.94 bits per heavy atom. The van der Waals surface area contributed by atoms with Crippen LogP contribution in [0.4, 0.5) is 24.7 Å². The highest BCUT2D eigenvalue weighted by Gasteiger charge is 2.34. The molecule has 0 saturated heterocycles. The fourth-order valence-electron chi connectivity index (χ4n) is 2.67. The number of carbonyl (C=O) groups is 1. The molecule has 3 aromatic rings. The predicted octanol–water partition coefficient (Wildman–Crippen LogP) is 2.41. The number of carbonyl (C=O) groups excluding carboxylic acids is 1. The molecule has 6 N–H and O–H groups in total. The van der Waals surface area contributed by atoms with Crippen LogP contribution in [-0.2, 0) is 12.7 Å². The van der Waals surface area contributed by atoms with E-state index in [1.165, 1.54) is 43.0 Å². The predicted molar refractivity (Wildman–Crippen MR) is 115 cm³/mol. The van der Waals surface area contributed by atoms with Crippen molar-refractivity contribution in [3.63, 3.8) is 0 Å². The van der Waals surface area contributed by atoms with Crippen molar-refractivity contribution in [1.82, 2.24) is 20.0 Å². The second kappa shape index (κ2) is 9.75. The van der Waals surface area contributed by atoms with Gasteiger partial charge >= 0.3 is 6.18 Å². The molecule has 0 fully saturated rings. The minimum atomic E-state index is -4.68. The molecule has 1 amide bonds. The maximum atomic E-state index is 13.5. The van der Waals surface area contributed by atoms with Gasteiger partial charge in [0.15, 0.2) is 0 Å². The van der Waals surface area contributed by atoms with Gasteiger partial charge in [0.2, 0.25) is 0 Å². The zero-order valence-electron chi connectivity index (χ0n) is 16.9. The van der Waals surface area contributed by atoms with Gasteiger partial charge in [-0.3, -0.25) is 20.2 Å². The monoisotopic (exact) mass is 454 g/mol. The van der Waals surface area contributed by atoms with Crippen LogP contribution in [0.15, 0.2) is 49.1 Å². The Balaban J connectivity index is 1.80. The van der Waals surface area contributed by atoms with Gasteiger partial charge in [0, 0.05) is 23.6 Å². The number of anilines is 2. The largest absolute Gasteiger partial charge is 0.416 e. The van der Waals surface area contributed by atoms with Crippen LogP contribution in [0.25, 0.3) is 0 Å². The van der Waals surface area contributed by atoms with Crippen LogP contribution in [0.1, 0.15) is 32.7 Å². The van der Waals surface area contributed by atoms with Gasteiger partial charge in [-0.2, -0.15) is 13.2 Å². The number of amides is 1. The number of hydrogen-bond donors (Lipinski definition) is 4. The summed E-state index contributed by atoms with van der Waals surface area (Å²) < 4.78 is 40.4. The summed E-state index contributed by atoms with van der Waals surface area (Å²) in [7, 11) is 0. The molecule has 3 rings (SSSR count). The third kappa shape index (κ3) is 6.25. The zero-order chi connectivity index (χ0) is 24.0. The van der Waals surface area contributed by atoms with E-state index in [1.54, 1.807) is 0 Å². The minimum Gasteiger partial charge on any atom is -0.382 e. The molecule has 168 valence electrons. The van der Waals surface area contributed by atoms with Gasteiger partial charge in [0.25, 0.3) is 5.91 Å². The molecule has 0 unspecified atom stereocenters. The molecule has 0 spiro atoms. The summed E-state index contributed by atoms with van der Waals surface area (Å²) in [4.78, 5) is 24.4. The van der Waals surface area contributed by atoms with Crippen LogP contribution in [0.5, 0.6) is 0 Å². The lowest BCUT2D eigenvalue weighted by Crippen LogP contribution is -2.29. The van der Waals surface area contributed by atoms with E-state index < -0.39 is 17.6 Å². The van der Waals surface area contributed by atoms with Crippen molar-refractivity contribution in [2.24, 2.45) is 5.84 Å². The lowest BCUT2D eigenvalue weighted by Gasteiger charge is -2.18. The third-order valence-electron chi connectivity index (χ3n) is 4.20. The number of hydrogen-bond acceptors (Lipinski definition) is 7. The Bertz CT molecular complexity index is 1230. The van der Waals surface area contributed by atoms with Gasteiger partial charge in [-0.05, 0) is 29.7 Å². The van der Waals surface area contributed by atoms with E-state index in [-0.39, 0.29) is 29.2 Å². The van der Waals surface area contributed by atoms with E-state index in [0.29, 0.717) is 17.6 Å². The number of benzene rings is 1. The highest BCUT2D eigenvalue weighted by molar-refractivity contribution is 6.04. The van der Waals surface area contributed by atoms with E-state index in [0.717, 1.165) is 11.1 Å². The quantitative estimate of drug-likeness (QED) is 0.152. The highest BCUT2D eigenvalue weighted by Crippen LogP contribution is 2.34. The summed E-state index contributed by atoms with van der Waals surface area (Å²) in [6.07, 6.45) is 1.45. The Morgan fingerprint density at radius 3 is 2.61 bits per heavy atom. The second-order valence-electron chi connectivity index (χ2n) is 6.66. The average Bonchev–Trinajstić information content (AvgIpc) is 2.79. The van der Waals surface area contributed by atoms with Crippen molar-refractivity contribution in [3.8, 4) is 11.8 Å². The maximum absolute atomic E-state index is 13.5. The van der Waals surface area contributed by atoms with E-state index >= 15 is 0 Å². The first-order chi connectivity index (χ1) is 15.7. The molecule has 1 aromatic carbocycles. The summed E-state index contributed by atoms with van der Waals surface area (Å²) in [5.41, 5.74) is 5.13. The van der Waals surface area contributed by atoms with E-state index in [2.05, 4.69) is 32.1 Å². The minimum absolute atomic E-state index is 0.0665. The molecule has 0 atom stereocenters. The lowest BCUT2D eigenvalue weighted by molar-refractivity contribution is -0.138. The molecule has 0 aliphatic carbocycles. The third-order valence-corrected chi connectivity index (χ3v) is 4.20. The zero-order valence-corrected chi connectivity index (χ0v) is 16.9. The number of nitrogens with two attached hydrogens (primary N) is 2. The molecule has 12 heteroatoms. The van der Waals surface area contributed by atoms with Crippen LogP contribution in [0, 0.1) is 17.3 Å². The van der Waals surface area contributed by atoms with E-state index in [9.17, 15) is 18.0 Å². The Labute approximate surface area is 186 Å². The fourth-order valence-corrected chi connectivity index (χ4v) is 2.67. The van der Waals surface area contributed by atoms with Crippen LogP contribution in [-0.4, -0.2) is 32.2 Å². The first-order valence-electron chi connectivity index (χ1n) is 9.23. The number of pyridine rings is 1. The second-order valence-corrected chi connectivity index (χ2v) is 6.66. The molecule has 33 heavy (non-hydrogen) atoms. The van der Waals surface area contributed by atoms with Crippen molar-refractivity contribution in [2.45, 2.75) is 12.7 Å². The maximum Gasteiger partial charge on any atom is 0.416 e. The van der Waals surface area contributed by atoms with Crippen LogP contribution >= 0.6 is 0 Å². The van der Waals surface area contributed by atoms with E-state index in [4.69, 9.17) is 17.0 Å². The molecule has 0 bridgehead atoms.